The highest BCUT2D eigenvalue weighted by Crippen LogP contribution is 2.34. The molecule has 3 heteroatoms. The topological polar surface area (TPSA) is 55.1 Å². The average Bonchev–Trinajstić information content (AvgIpc) is 3.15. The van der Waals surface area contributed by atoms with E-state index in [0.717, 1.165) is 30.0 Å². The summed E-state index contributed by atoms with van der Waals surface area (Å²) in [4.78, 5) is 11.9. The number of anilines is 1. The van der Waals surface area contributed by atoms with Gasteiger partial charge in [-0.25, -0.2) is 0 Å². The number of rotatable bonds is 6. The largest absolute Gasteiger partial charge is 0.399 e. The number of carbonyl (C=O) groups excluding carboxylic acids is 1. The molecule has 0 bridgehead atoms. The van der Waals surface area contributed by atoms with Crippen LogP contribution in [0.4, 0.5) is 5.69 Å². The van der Waals surface area contributed by atoms with Gasteiger partial charge in [0.05, 0.1) is 6.42 Å². The Labute approximate surface area is 109 Å². The van der Waals surface area contributed by atoms with Crippen LogP contribution < -0.4 is 11.1 Å². The van der Waals surface area contributed by atoms with Gasteiger partial charge in [-0.05, 0) is 36.5 Å². The Morgan fingerprint density at radius 1 is 1.39 bits per heavy atom. The molecule has 0 aliphatic heterocycles. The summed E-state index contributed by atoms with van der Waals surface area (Å²) >= 11 is 0. The summed E-state index contributed by atoms with van der Waals surface area (Å²) in [6, 6.07) is 7.85. The molecule has 1 fully saturated rings. The third-order valence-electron chi connectivity index (χ3n) is 3.52. The third-order valence-corrected chi connectivity index (χ3v) is 3.52. The predicted molar refractivity (Wildman–Crippen MR) is 74.1 cm³/mol. The number of nitrogens with one attached hydrogen (secondary N) is 1. The number of hydrogen-bond acceptors (Lipinski definition) is 2. The van der Waals surface area contributed by atoms with Crippen molar-refractivity contribution in [1.29, 1.82) is 0 Å². The number of nitrogens with two attached hydrogens (primary N) is 1. The summed E-state index contributed by atoms with van der Waals surface area (Å²) in [5.41, 5.74) is 7.37. The molecule has 1 saturated carbocycles. The van der Waals surface area contributed by atoms with Crippen molar-refractivity contribution in [2.45, 2.75) is 45.1 Å². The van der Waals surface area contributed by atoms with E-state index in [2.05, 4.69) is 12.2 Å². The molecule has 1 aromatic carbocycles. The van der Waals surface area contributed by atoms with Crippen molar-refractivity contribution in [3.05, 3.63) is 29.8 Å². The molecule has 1 aliphatic rings. The van der Waals surface area contributed by atoms with Crippen LogP contribution >= 0.6 is 0 Å². The first kappa shape index (κ1) is 12.9. The van der Waals surface area contributed by atoms with Crippen LogP contribution in [-0.2, 0) is 11.2 Å². The molecular formula is C15H22N2O. The molecule has 3 N–H and O–H groups in total. The van der Waals surface area contributed by atoms with Gasteiger partial charge >= 0.3 is 0 Å². The molecular weight excluding hydrogens is 224 g/mol. The van der Waals surface area contributed by atoms with Crippen LogP contribution in [0.15, 0.2) is 24.3 Å². The van der Waals surface area contributed by atoms with Gasteiger partial charge in [-0.1, -0.05) is 31.9 Å². The molecule has 1 aromatic rings. The molecule has 18 heavy (non-hydrogen) atoms. The molecule has 98 valence electrons. The van der Waals surface area contributed by atoms with Crippen LogP contribution in [-0.4, -0.2) is 11.9 Å². The summed E-state index contributed by atoms with van der Waals surface area (Å²) in [6.07, 6.45) is 5.28. The Morgan fingerprint density at radius 2 is 2.06 bits per heavy atom. The molecule has 1 atom stereocenters. The summed E-state index contributed by atoms with van der Waals surface area (Å²) in [6.45, 7) is 2.14. The molecule has 1 unspecified atom stereocenters. The Balaban J connectivity index is 1.81. The Morgan fingerprint density at radius 3 is 2.61 bits per heavy atom. The lowest BCUT2D eigenvalue weighted by molar-refractivity contribution is -0.121. The van der Waals surface area contributed by atoms with E-state index in [9.17, 15) is 4.79 Å². The maximum atomic E-state index is 11.9. The van der Waals surface area contributed by atoms with E-state index < -0.39 is 0 Å². The lowest BCUT2D eigenvalue weighted by Gasteiger charge is -2.16. The second-order valence-electron chi connectivity index (χ2n) is 5.27. The van der Waals surface area contributed by atoms with Crippen molar-refractivity contribution in [1.82, 2.24) is 5.32 Å². The van der Waals surface area contributed by atoms with Crippen LogP contribution in [0.5, 0.6) is 0 Å². The summed E-state index contributed by atoms with van der Waals surface area (Å²) in [5.74, 6) is 0.971. The quantitative estimate of drug-likeness (QED) is 0.758. The lowest BCUT2D eigenvalue weighted by Crippen LogP contribution is -2.35. The van der Waals surface area contributed by atoms with Gasteiger partial charge in [-0.15, -0.1) is 0 Å². The van der Waals surface area contributed by atoms with Crippen molar-refractivity contribution in [3.63, 3.8) is 0 Å². The monoisotopic (exact) mass is 246 g/mol. The third kappa shape index (κ3) is 4.06. The first-order chi connectivity index (χ1) is 8.67. The van der Waals surface area contributed by atoms with Gasteiger partial charge in [0.15, 0.2) is 0 Å². The Kier molecular flexibility index (Phi) is 4.24. The van der Waals surface area contributed by atoms with Gasteiger partial charge < -0.3 is 11.1 Å². The Bertz CT molecular complexity index is 395. The standard InChI is InChI=1S/C15H22N2O/c1-2-14(9-11-3-4-11)17-15(18)10-12-5-7-13(16)8-6-12/h5-8,11,14H,2-4,9-10,16H2,1H3,(H,17,18). The number of hydrogen-bond donors (Lipinski definition) is 2. The smallest absolute Gasteiger partial charge is 0.224 e. The lowest BCUT2D eigenvalue weighted by atomic mass is 10.1. The molecule has 0 saturated heterocycles. The molecule has 2 rings (SSSR count). The van der Waals surface area contributed by atoms with E-state index in [1.54, 1.807) is 0 Å². The minimum absolute atomic E-state index is 0.118. The maximum Gasteiger partial charge on any atom is 0.224 e. The van der Waals surface area contributed by atoms with Gasteiger partial charge in [0.1, 0.15) is 0 Å². The number of amides is 1. The van der Waals surface area contributed by atoms with E-state index in [0.29, 0.717) is 12.5 Å². The van der Waals surface area contributed by atoms with Gasteiger partial charge in [0.2, 0.25) is 5.91 Å². The first-order valence-electron chi connectivity index (χ1n) is 6.81. The SMILES string of the molecule is CCC(CC1CC1)NC(=O)Cc1ccc(N)cc1. The predicted octanol–water partition coefficient (Wildman–Crippen LogP) is 2.51. The second-order valence-corrected chi connectivity index (χ2v) is 5.27. The fourth-order valence-electron chi connectivity index (χ4n) is 2.18. The zero-order valence-electron chi connectivity index (χ0n) is 11.0. The highest BCUT2D eigenvalue weighted by atomic mass is 16.1. The highest BCUT2D eigenvalue weighted by molar-refractivity contribution is 5.79. The van der Waals surface area contributed by atoms with E-state index in [-0.39, 0.29) is 5.91 Å². The highest BCUT2D eigenvalue weighted by Gasteiger charge is 2.25. The molecule has 0 radical (unpaired) electrons. The second kappa shape index (κ2) is 5.89. The fourth-order valence-corrected chi connectivity index (χ4v) is 2.18. The number of nitrogen functional groups attached to an aromatic ring is 1. The van der Waals surface area contributed by atoms with Gasteiger partial charge in [-0.3, -0.25) is 4.79 Å². The van der Waals surface area contributed by atoms with Crippen molar-refractivity contribution in [2.24, 2.45) is 5.92 Å². The van der Waals surface area contributed by atoms with Crippen molar-refractivity contribution < 1.29 is 4.79 Å². The summed E-state index contributed by atoms with van der Waals surface area (Å²) < 4.78 is 0. The van der Waals surface area contributed by atoms with Crippen LogP contribution in [0, 0.1) is 5.92 Å². The summed E-state index contributed by atoms with van der Waals surface area (Å²) in [7, 11) is 0. The fraction of sp³-hybridized carbons (Fsp3) is 0.533. The van der Waals surface area contributed by atoms with Crippen LogP contribution in [0.1, 0.15) is 38.2 Å². The van der Waals surface area contributed by atoms with Crippen molar-refractivity contribution in [3.8, 4) is 0 Å². The van der Waals surface area contributed by atoms with E-state index in [4.69, 9.17) is 5.73 Å². The van der Waals surface area contributed by atoms with Crippen molar-refractivity contribution >= 4 is 11.6 Å². The van der Waals surface area contributed by atoms with Crippen molar-refractivity contribution in [2.75, 3.05) is 5.73 Å². The van der Waals surface area contributed by atoms with Crippen LogP contribution in [0.25, 0.3) is 0 Å². The minimum atomic E-state index is 0.118. The zero-order chi connectivity index (χ0) is 13.0. The van der Waals surface area contributed by atoms with Crippen LogP contribution in [0.3, 0.4) is 0 Å². The number of carbonyl (C=O) groups is 1. The van der Waals surface area contributed by atoms with E-state index in [1.165, 1.54) is 12.8 Å². The normalized spacial score (nSPS) is 16.3. The van der Waals surface area contributed by atoms with Gasteiger partial charge in [-0.2, -0.15) is 0 Å². The first-order valence-corrected chi connectivity index (χ1v) is 6.81. The van der Waals surface area contributed by atoms with Gasteiger partial charge in [0, 0.05) is 11.7 Å². The molecule has 3 nitrogen and oxygen atoms in total. The minimum Gasteiger partial charge on any atom is -0.399 e. The molecule has 1 amide bonds. The number of benzene rings is 1. The van der Waals surface area contributed by atoms with Gasteiger partial charge in [0.25, 0.3) is 0 Å². The zero-order valence-corrected chi connectivity index (χ0v) is 11.0. The average molecular weight is 246 g/mol. The maximum absolute atomic E-state index is 11.9. The summed E-state index contributed by atoms with van der Waals surface area (Å²) in [5, 5.41) is 3.13. The van der Waals surface area contributed by atoms with E-state index >= 15 is 0 Å². The molecule has 0 heterocycles. The molecule has 0 spiro atoms. The van der Waals surface area contributed by atoms with Crippen LogP contribution in [0.2, 0.25) is 0 Å². The van der Waals surface area contributed by atoms with E-state index in [1.807, 2.05) is 24.3 Å². The Hall–Kier alpha value is -1.51. The molecule has 0 aromatic heterocycles. The molecule has 1 aliphatic carbocycles.